The number of hydrogen-bond donors (Lipinski definition) is 1. The second-order valence-corrected chi connectivity index (χ2v) is 5.34. The minimum Gasteiger partial charge on any atom is -0.481 e. The number of hydrogen-bond acceptors (Lipinski definition) is 4. The predicted molar refractivity (Wildman–Crippen MR) is 70.9 cm³/mol. The average Bonchev–Trinajstić information content (AvgIpc) is 2.53. The molecule has 5 heteroatoms. The van der Waals surface area contributed by atoms with E-state index in [1.807, 2.05) is 25.7 Å². The smallest absolute Gasteiger partial charge is 0.305 e. The molecule has 0 saturated carbocycles. The third-order valence-corrected chi connectivity index (χ3v) is 3.48. The Kier molecular flexibility index (Phi) is 4.69. The molecule has 0 saturated heterocycles. The van der Waals surface area contributed by atoms with Gasteiger partial charge in [-0.3, -0.25) is 4.79 Å². The molecular weight excluding hydrogens is 236 g/mol. The molecule has 0 atom stereocenters. The van der Waals surface area contributed by atoms with E-state index in [9.17, 15) is 4.79 Å². The summed E-state index contributed by atoms with van der Waals surface area (Å²) in [6.45, 7) is 10.9. The molecule has 94 valence electrons. The van der Waals surface area contributed by atoms with E-state index >= 15 is 0 Å². The van der Waals surface area contributed by atoms with Crippen LogP contribution in [0.4, 0.5) is 5.13 Å². The van der Waals surface area contributed by atoms with Crippen LogP contribution in [-0.4, -0.2) is 29.1 Å². The van der Waals surface area contributed by atoms with Crippen molar-refractivity contribution >= 4 is 22.4 Å². The Labute approximate surface area is 106 Å². The molecule has 0 aromatic carbocycles. The maximum atomic E-state index is 10.6. The highest BCUT2D eigenvalue weighted by molar-refractivity contribution is 7.15. The Morgan fingerprint density at radius 1 is 1.53 bits per heavy atom. The van der Waals surface area contributed by atoms with E-state index in [0.29, 0.717) is 13.1 Å². The lowest BCUT2D eigenvalue weighted by Crippen LogP contribution is -2.27. The van der Waals surface area contributed by atoms with Gasteiger partial charge in [0.1, 0.15) is 0 Å². The van der Waals surface area contributed by atoms with Gasteiger partial charge in [0.2, 0.25) is 0 Å². The van der Waals surface area contributed by atoms with Gasteiger partial charge in [-0.2, -0.15) is 0 Å². The zero-order chi connectivity index (χ0) is 13.0. The first-order valence-corrected chi connectivity index (χ1v) is 6.27. The van der Waals surface area contributed by atoms with Gasteiger partial charge in [-0.05, 0) is 20.8 Å². The topological polar surface area (TPSA) is 53.4 Å². The van der Waals surface area contributed by atoms with E-state index < -0.39 is 5.97 Å². The van der Waals surface area contributed by atoms with Crippen LogP contribution in [0.1, 0.15) is 23.9 Å². The summed E-state index contributed by atoms with van der Waals surface area (Å²) < 4.78 is 0. The van der Waals surface area contributed by atoms with Crippen molar-refractivity contribution in [1.29, 1.82) is 0 Å². The number of aromatic nitrogens is 1. The van der Waals surface area contributed by atoms with Crippen LogP contribution in [0.15, 0.2) is 12.2 Å². The molecule has 0 unspecified atom stereocenters. The Bertz CT molecular complexity index is 407. The fourth-order valence-corrected chi connectivity index (χ4v) is 2.32. The quantitative estimate of drug-likeness (QED) is 0.793. The predicted octanol–water partition coefficient (Wildman–Crippen LogP) is 2.62. The molecule has 0 amide bonds. The normalized spacial score (nSPS) is 10.3. The van der Waals surface area contributed by atoms with Gasteiger partial charge in [-0.25, -0.2) is 4.98 Å². The Morgan fingerprint density at radius 2 is 2.18 bits per heavy atom. The van der Waals surface area contributed by atoms with E-state index in [1.165, 1.54) is 4.88 Å². The van der Waals surface area contributed by atoms with Gasteiger partial charge in [0.25, 0.3) is 0 Å². The highest BCUT2D eigenvalue weighted by atomic mass is 32.1. The zero-order valence-corrected chi connectivity index (χ0v) is 11.3. The molecule has 0 bridgehead atoms. The first-order valence-electron chi connectivity index (χ1n) is 5.45. The average molecular weight is 254 g/mol. The molecule has 0 aliphatic heterocycles. The van der Waals surface area contributed by atoms with Gasteiger partial charge in [0.05, 0.1) is 12.1 Å². The number of rotatable bonds is 6. The first kappa shape index (κ1) is 13.7. The van der Waals surface area contributed by atoms with Crippen LogP contribution >= 0.6 is 11.3 Å². The maximum Gasteiger partial charge on any atom is 0.305 e. The number of carboxylic acids is 1. The van der Waals surface area contributed by atoms with Crippen LogP contribution in [0.5, 0.6) is 0 Å². The van der Waals surface area contributed by atoms with E-state index in [4.69, 9.17) is 5.11 Å². The van der Waals surface area contributed by atoms with Crippen molar-refractivity contribution in [3.8, 4) is 0 Å². The van der Waals surface area contributed by atoms with Crippen molar-refractivity contribution in [3.05, 3.63) is 22.7 Å². The third-order valence-electron chi connectivity index (χ3n) is 2.34. The highest BCUT2D eigenvalue weighted by Crippen LogP contribution is 2.25. The van der Waals surface area contributed by atoms with E-state index in [1.54, 1.807) is 11.3 Å². The van der Waals surface area contributed by atoms with Crippen LogP contribution in [-0.2, 0) is 4.79 Å². The van der Waals surface area contributed by atoms with E-state index in [2.05, 4.69) is 11.6 Å². The van der Waals surface area contributed by atoms with Gasteiger partial charge in [-0.15, -0.1) is 11.3 Å². The van der Waals surface area contributed by atoms with Gasteiger partial charge in [0, 0.05) is 18.0 Å². The lowest BCUT2D eigenvalue weighted by Gasteiger charge is -2.20. The zero-order valence-electron chi connectivity index (χ0n) is 10.5. The van der Waals surface area contributed by atoms with Crippen LogP contribution in [0.25, 0.3) is 0 Å². The molecule has 0 radical (unpaired) electrons. The molecule has 0 spiro atoms. The van der Waals surface area contributed by atoms with Crippen molar-refractivity contribution in [2.24, 2.45) is 0 Å². The molecule has 1 rings (SSSR count). The number of nitrogens with zero attached hydrogens (tertiary/aromatic N) is 2. The number of anilines is 1. The molecule has 17 heavy (non-hydrogen) atoms. The molecule has 0 aliphatic carbocycles. The summed E-state index contributed by atoms with van der Waals surface area (Å²) in [5.74, 6) is -0.790. The van der Waals surface area contributed by atoms with Gasteiger partial charge in [-0.1, -0.05) is 12.2 Å². The largest absolute Gasteiger partial charge is 0.481 e. The molecule has 4 nitrogen and oxygen atoms in total. The summed E-state index contributed by atoms with van der Waals surface area (Å²) in [5.41, 5.74) is 2.01. The Balaban J connectivity index is 2.81. The second kappa shape index (κ2) is 5.82. The standard InChI is InChI=1S/C12H18N2O2S/c1-8(2)7-14(6-5-11(15)16)12-13-9(3)10(4)17-12/h1,5-7H2,2-4H3,(H,15,16). The number of carbonyl (C=O) groups is 1. The molecule has 0 aliphatic rings. The van der Waals surface area contributed by atoms with Crippen LogP contribution in [0.2, 0.25) is 0 Å². The molecular formula is C12H18N2O2S. The molecule has 1 aromatic heterocycles. The summed E-state index contributed by atoms with van der Waals surface area (Å²) >= 11 is 1.60. The molecule has 1 N–H and O–H groups in total. The fraction of sp³-hybridized carbons (Fsp3) is 0.500. The van der Waals surface area contributed by atoms with Gasteiger partial charge in [0.15, 0.2) is 5.13 Å². The van der Waals surface area contributed by atoms with Gasteiger partial charge >= 0.3 is 5.97 Å². The highest BCUT2D eigenvalue weighted by Gasteiger charge is 2.13. The SMILES string of the molecule is C=C(C)CN(CCC(=O)O)c1nc(C)c(C)s1. The lowest BCUT2D eigenvalue weighted by molar-refractivity contribution is -0.136. The second-order valence-electron chi connectivity index (χ2n) is 4.16. The fourth-order valence-electron chi connectivity index (χ4n) is 1.39. The molecule has 1 aromatic rings. The van der Waals surface area contributed by atoms with Crippen molar-refractivity contribution in [2.75, 3.05) is 18.0 Å². The Morgan fingerprint density at radius 3 is 2.59 bits per heavy atom. The summed E-state index contributed by atoms with van der Waals surface area (Å²) in [6.07, 6.45) is 0.116. The summed E-state index contributed by atoms with van der Waals surface area (Å²) in [5, 5.41) is 9.62. The van der Waals surface area contributed by atoms with E-state index in [-0.39, 0.29) is 6.42 Å². The summed E-state index contributed by atoms with van der Waals surface area (Å²) in [7, 11) is 0. The molecule has 0 fully saturated rings. The number of aryl methyl sites for hydroxylation is 2. The lowest BCUT2D eigenvalue weighted by atomic mass is 10.3. The number of aliphatic carboxylic acids is 1. The third kappa shape index (κ3) is 4.19. The summed E-state index contributed by atoms with van der Waals surface area (Å²) in [6, 6.07) is 0. The molecule has 1 heterocycles. The van der Waals surface area contributed by atoms with Crippen molar-refractivity contribution in [3.63, 3.8) is 0 Å². The summed E-state index contributed by atoms with van der Waals surface area (Å²) in [4.78, 5) is 18.2. The van der Waals surface area contributed by atoms with E-state index in [0.717, 1.165) is 16.4 Å². The van der Waals surface area contributed by atoms with Crippen LogP contribution in [0, 0.1) is 13.8 Å². The van der Waals surface area contributed by atoms with Crippen molar-refractivity contribution in [1.82, 2.24) is 4.98 Å². The minimum absolute atomic E-state index is 0.116. The Hall–Kier alpha value is -1.36. The monoisotopic (exact) mass is 254 g/mol. The minimum atomic E-state index is -0.790. The van der Waals surface area contributed by atoms with Gasteiger partial charge < -0.3 is 10.0 Å². The number of carboxylic acid groups (broad SMARTS) is 1. The van der Waals surface area contributed by atoms with Crippen LogP contribution < -0.4 is 4.90 Å². The van der Waals surface area contributed by atoms with Crippen molar-refractivity contribution in [2.45, 2.75) is 27.2 Å². The maximum absolute atomic E-state index is 10.6. The number of thiazole rings is 1. The first-order chi connectivity index (χ1) is 7.90. The van der Waals surface area contributed by atoms with Crippen LogP contribution in [0.3, 0.4) is 0 Å². The van der Waals surface area contributed by atoms with Crippen molar-refractivity contribution < 1.29 is 9.90 Å².